The predicted octanol–water partition coefficient (Wildman–Crippen LogP) is 2.08. The lowest BCUT2D eigenvalue weighted by molar-refractivity contribution is -0.120. The summed E-state index contributed by atoms with van der Waals surface area (Å²) in [5, 5.41) is 2.66. The molecule has 0 saturated heterocycles. The molecule has 1 amide bonds. The zero-order valence-electron chi connectivity index (χ0n) is 11.6. The van der Waals surface area contributed by atoms with Crippen LogP contribution in [0.5, 0.6) is 0 Å². The van der Waals surface area contributed by atoms with Crippen molar-refractivity contribution in [3.63, 3.8) is 0 Å². The quantitative estimate of drug-likeness (QED) is 0.801. The molecule has 18 heavy (non-hydrogen) atoms. The van der Waals surface area contributed by atoms with Crippen LogP contribution in [0.15, 0.2) is 30.3 Å². The van der Waals surface area contributed by atoms with Crippen molar-refractivity contribution in [3.05, 3.63) is 35.9 Å². The predicted molar refractivity (Wildman–Crippen MR) is 75.5 cm³/mol. The van der Waals surface area contributed by atoms with Gasteiger partial charge in [0.1, 0.15) is 0 Å². The molecule has 3 heteroatoms. The van der Waals surface area contributed by atoms with Crippen molar-refractivity contribution in [3.8, 4) is 0 Å². The third-order valence-corrected chi connectivity index (χ3v) is 3.38. The topological polar surface area (TPSA) is 32.3 Å². The maximum atomic E-state index is 11.2. The lowest BCUT2D eigenvalue weighted by Gasteiger charge is -2.27. The van der Waals surface area contributed by atoms with Crippen molar-refractivity contribution < 1.29 is 4.79 Å². The van der Waals surface area contributed by atoms with E-state index in [1.54, 1.807) is 7.05 Å². The van der Waals surface area contributed by atoms with Gasteiger partial charge >= 0.3 is 0 Å². The van der Waals surface area contributed by atoms with E-state index in [0.29, 0.717) is 12.5 Å². The first-order chi connectivity index (χ1) is 8.67. The van der Waals surface area contributed by atoms with E-state index in [1.807, 2.05) is 6.07 Å². The lowest BCUT2D eigenvalue weighted by Crippen LogP contribution is -2.35. The highest BCUT2D eigenvalue weighted by molar-refractivity contribution is 5.75. The third-order valence-electron chi connectivity index (χ3n) is 3.38. The van der Waals surface area contributed by atoms with Gasteiger partial charge in [-0.05, 0) is 25.5 Å². The molecule has 1 N–H and O–H groups in total. The van der Waals surface area contributed by atoms with Gasteiger partial charge in [-0.3, -0.25) is 4.79 Å². The average Bonchev–Trinajstić information content (AvgIpc) is 2.42. The Morgan fingerprint density at radius 1 is 1.33 bits per heavy atom. The van der Waals surface area contributed by atoms with Crippen molar-refractivity contribution in [2.45, 2.75) is 32.2 Å². The Morgan fingerprint density at radius 2 is 2.00 bits per heavy atom. The summed E-state index contributed by atoms with van der Waals surface area (Å²) in [6, 6.07) is 11.0. The second-order valence-electron chi connectivity index (χ2n) is 4.66. The minimum atomic E-state index is 0.108. The van der Waals surface area contributed by atoms with Crippen molar-refractivity contribution >= 4 is 5.91 Å². The molecule has 0 spiro atoms. The molecule has 100 valence electrons. The Kier molecular flexibility index (Phi) is 6.44. The van der Waals surface area contributed by atoms with E-state index < -0.39 is 0 Å². The normalized spacial score (nSPS) is 12.4. The van der Waals surface area contributed by atoms with E-state index in [9.17, 15) is 4.79 Å². The summed E-state index contributed by atoms with van der Waals surface area (Å²) >= 11 is 0. The molecular weight excluding hydrogens is 224 g/mol. The number of rotatable bonds is 7. The van der Waals surface area contributed by atoms with E-state index >= 15 is 0 Å². The van der Waals surface area contributed by atoms with Gasteiger partial charge in [-0.2, -0.15) is 0 Å². The molecule has 0 radical (unpaired) electrons. The summed E-state index contributed by atoms with van der Waals surface area (Å²) < 4.78 is 0. The van der Waals surface area contributed by atoms with Crippen LogP contribution in [-0.2, 0) is 11.2 Å². The monoisotopic (exact) mass is 248 g/mol. The van der Waals surface area contributed by atoms with Gasteiger partial charge in [-0.1, -0.05) is 37.3 Å². The molecule has 0 aliphatic carbocycles. The van der Waals surface area contributed by atoms with E-state index in [1.165, 1.54) is 5.56 Å². The Bertz CT molecular complexity index is 351. The van der Waals surface area contributed by atoms with Gasteiger partial charge in [0.25, 0.3) is 0 Å². The largest absolute Gasteiger partial charge is 0.359 e. The Hall–Kier alpha value is -1.35. The number of hydrogen-bond donors (Lipinski definition) is 1. The van der Waals surface area contributed by atoms with Crippen LogP contribution in [0.3, 0.4) is 0 Å². The van der Waals surface area contributed by atoms with Gasteiger partial charge in [-0.25, -0.2) is 0 Å². The molecule has 1 aromatic rings. The smallest absolute Gasteiger partial charge is 0.221 e. The van der Waals surface area contributed by atoms with Gasteiger partial charge in [0.2, 0.25) is 5.91 Å². The van der Waals surface area contributed by atoms with Crippen molar-refractivity contribution in [1.82, 2.24) is 10.2 Å². The molecule has 0 saturated carbocycles. The zero-order valence-corrected chi connectivity index (χ0v) is 11.6. The summed E-state index contributed by atoms with van der Waals surface area (Å²) in [6.45, 7) is 3.01. The Morgan fingerprint density at radius 3 is 2.56 bits per heavy atom. The second kappa shape index (κ2) is 7.88. The van der Waals surface area contributed by atoms with Crippen LogP contribution in [0, 0.1) is 0 Å². The van der Waals surface area contributed by atoms with E-state index in [0.717, 1.165) is 19.4 Å². The maximum absolute atomic E-state index is 11.2. The number of hydrogen-bond acceptors (Lipinski definition) is 2. The van der Waals surface area contributed by atoms with E-state index in [-0.39, 0.29) is 5.91 Å². The number of carbonyl (C=O) groups is 1. The average molecular weight is 248 g/mol. The molecular formula is C15H24N2O. The van der Waals surface area contributed by atoms with Gasteiger partial charge in [0.05, 0.1) is 0 Å². The molecule has 1 aromatic carbocycles. The van der Waals surface area contributed by atoms with Crippen molar-refractivity contribution in [2.75, 3.05) is 20.6 Å². The summed E-state index contributed by atoms with van der Waals surface area (Å²) in [5.74, 6) is 0.108. The van der Waals surface area contributed by atoms with E-state index in [4.69, 9.17) is 0 Å². The van der Waals surface area contributed by atoms with Crippen LogP contribution in [0.4, 0.5) is 0 Å². The van der Waals surface area contributed by atoms with Crippen LogP contribution >= 0.6 is 0 Å². The molecule has 0 bridgehead atoms. The second-order valence-corrected chi connectivity index (χ2v) is 4.66. The molecule has 0 aliphatic rings. The van der Waals surface area contributed by atoms with Gasteiger partial charge < -0.3 is 10.2 Å². The highest BCUT2D eigenvalue weighted by atomic mass is 16.1. The minimum absolute atomic E-state index is 0.108. The number of carbonyl (C=O) groups excluding carboxylic acids is 1. The molecule has 0 aliphatic heterocycles. The van der Waals surface area contributed by atoms with Crippen LogP contribution in [0.2, 0.25) is 0 Å². The highest BCUT2D eigenvalue weighted by Gasteiger charge is 2.14. The number of likely N-dealkylation sites (N-methyl/N-ethyl adjacent to an activating group) is 1. The molecule has 0 fully saturated rings. The minimum Gasteiger partial charge on any atom is -0.359 e. The van der Waals surface area contributed by atoms with Gasteiger partial charge in [-0.15, -0.1) is 0 Å². The van der Waals surface area contributed by atoms with Crippen LogP contribution in [-0.4, -0.2) is 37.5 Å². The summed E-state index contributed by atoms with van der Waals surface area (Å²) in [4.78, 5) is 13.5. The fraction of sp³-hybridized carbons (Fsp3) is 0.533. The molecule has 1 unspecified atom stereocenters. The first-order valence-corrected chi connectivity index (χ1v) is 6.62. The lowest BCUT2D eigenvalue weighted by atomic mass is 10.0. The number of benzene rings is 1. The zero-order chi connectivity index (χ0) is 13.4. The van der Waals surface area contributed by atoms with Crippen LogP contribution in [0.1, 0.15) is 25.3 Å². The fourth-order valence-electron chi connectivity index (χ4n) is 2.08. The highest BCUT2D eigenvalue weighted by Crippen LogP contribution is 2.11. The third kappa shape index (κ3) is 4.88. The first kappa shape index (κ1) is 14.7. The van der Waals surface area contributed by atoms with Crippen LogP contribution < -0.4 is 5.32 Å². The molecule has 0 heterocycles. The SMILES string of the molecule is CCC(Cc1ccccc1)N(C)CCC(=O)NC. The molecule has 1 rings (SSSR count). The van der Waals surface area contributed by atoms with Crippen molar-refractivity contribution in [1.29, 1.82) is 0 Å². The Balaban J connectivity index is 2.47. The first-order valence-electron chi connectivity index (χ1n) is 6.62. The standard InChI is InChI=1S/C15H24N2O/c1-4-14(12-13-8-6-5-7-9-13)17(3)11-10-15(18)16-2/h5-9,14H,4,10-12H2,1-3H3,(H,16,18). The molecule has 0 aromatic heterocycles. The molecule has 1 atom stereocenters. The van der Waals surface area contributed by atoms with Gasteiger partial charge in [0, 0.05) is 26.1 Å². The number of nitrogens with zero attached hydrogens (tertiary/aromatic N) is 1. The number of nitrogens with one attached hydrogen (secondary N) is 1. The molecule has 3 nitrogen and oxygen atoms in total. The summed E-state index contributed by atoms with van der Waals surface area (Å²) in [5.41, 5.74) is 1.36. The van der Waals surface area contributed by atoms with Gasteiger partial charge in [0.15, 0.2) is 0 Å². The number of amides is 1. The maximum Gasteiger partial charge on any atom is 0.221 e. The summed E-state index contributed by atoms with van der Waals surface area (Å²) in [6.07, 6.45) is 2.71. The van der Waals surface area contributed by atoms with Crippen molar-refractivity contribution in [2.24, 2.45) is 0 Å². The Labute approximate surface area is 110 Å². The fourth-order valence-corrected chi connectivity index (χ4v) is 2.08. The summed E-state index contributed by atoms with van der Waals surface area (Å²) in [7, 11) is 3.78. The van der Waals surface area contributed by atoms with E-state index in [2.05, 4.69) is 48.5 Å². The van der Waals surface area contributed by atoms with Crippen LogP contribution in [0.25, 0.3) is 0 Å².